The van der Waals surface area contributed by atoms with Crippen molar-refractivity contribution in [2.45, 2.75) is 38.1 Å². The van der Waals surface area contributed by atoms with Crippen molar-refractivity contribution in [1.82, 2.24) is 10.6 Å². The van der Waals surface area contributed by atoms with Gasteiger partial charge in [0.2, 0.25) is 0 Å². The van der Waals surface area contributed by atoms with Crippen LogP contribution in [0.2, 0.25) is 0 Å². The van der Waals surface area contributed by atoms with Crippen molar-refractivity contribution in [3.05, 3.63) is 35.9 Å². The van der Waals surface area contributed by atoms with E-state index in [1.165, 1.54) is 25.7 Å². The first-order valence-electron chi connectivity index (χ1n) is 7.49. The Bertz CT molecular complexity index is 470. The van der Waals surface area contributed by atoms with E-state index in [4.69, 9.17) is 0 Å². The van der Waals surface area contributed by atoms with Crippen LogP contribution in [0.15, 0.2) is 30.3 Å². The molecule has 1 atom stereocenters. The highest BCUT2D eigenvalue weighted by molar-refractivity contribution is 5.83. The largest absolute Gasteiger partial charge is 0.479 e. The van der Waals surface area contributed by atoms with Gasteiger partial charge in [0.05, 0.1) is 0 Å². The van der Waals surface area contributed by atoms with E-state index in [2.05, 4.69) is 10.6 Å². The molecule has 1 saturated carbocycles. The molecule has 2 rings (SSSR count). The topological polar surface area (TPSA) is 78.4 Å². The molecule has 3 N–H and O–H groups in total. The van der Waals surface area contributed by atoms with Crippen molar-refractivity contribution in [2.24, 2.45) is 5.92 Å². The molecule has 1 aliphatic carbocycles. The first-order valence-corrected chi connectivity index (χ1v) is 7.49. The molecule has 1 aliphatic rings. The fourth-order valence-corrected chi connectivity index (χ4v) is 2.80. The van der Waals surface area contributed by atoms with Crippen LogP contribution in [-0.4, -0.2) is 23.7 Å². The number of carboxylic acids is 1. The van der Waals surface area contributed by atoms with Gasteiger partial charge in [-0.05, 0) is 17.9 Å². The van der Waals surface area contributed by atoms with Gasteiger partial charge in [-0.3, -0.25) is 0 Å². The Morgan fingerprint density at radius 2 is 1.86 bits per heavy atom. The number of urea groups is 1. The minimum absolute atomic E-state index is 0.427. The maximum atomic E-state index is 11.8. The van der Waals surface area contributed by atoms with Crippen LogP contribution in [0.5, 0.6) is 0 Å². The molecule has 0 radical (unpaired) electrons. The SMILES string of the molecule is O=C(NCCC1CCCC1)N[C@@H](C(=O)O)c1ccccc1. The summed E-state index contributed by atoms with van der Waals surface area (Å²) >= 11 is 0. The Labute approximate surface area is 124 Å². The molecule has 0 aromatic heterocycles. The molecule has 1 aromatic carbocycles. The average molecular weight is 290 g/mol. The Hall–Kier alpha value is -2.04. The van der Waals surface area contributed by atoms with E-state index in [0.29, 0.717) is 18.0 Å². The summed E-state index contributed by atoms with van der Waals surface area (Å²) in [4.78, 5) is 23.1. The minimum Gasteiger partial charge on any atom is -0.479 e. The first-order chi connectivity index (χ1) is 10.2. The Kier molecular flexibility index (Phi) is 5.60. The highest BCUT2D eigenvalue weighted by atomic mass is 16.4. The summed E-state index contributed by atoms with van der Waals surface area (Å²) in [5.74, 6) is -0.359. The van der Waals surface area contributed by atoms with Crippen molar-refractivity contribution in [3.8, 4) is 0 Å². The van der Waals surface area contributed by atoms with E-state index in [0.717, 1.165) is 6.42 Å². The maximum absolute atomic E-state index is 11.8. The molecule has 0 unspecified atom stereocenters. The fraction of sp³-hybridized carbons (Fsp3) is 0.500. The number of amides is 2. The number of benzene rings is 1. The molecule has 0 aliphatic heterocycles. The van der Waals surface area contributed by atoms with Crippen molar-refractivity contribution in [1.29, 1.82) is 0 Å². The van der Waals surface area contributed by atoms with Crippen LogP contribution in [0.25, 0.3) is 0 Å². The van der Waals surface area contributed by atoms with Crippen molar-refractivity contribution in [2.75, 3.05) is 6.54 Å². The first kappa shape index (κ1) is 15.4. The zero-order valence-electron chi connectivity index (χ0n) is 12.0. The van der Waals surface area contributed by atoms with E-state index in [-0.39, 0.29) is 0 Å². The molecule has 0 saturated heterocycles. The van der Waals surface area contributed by atoms with Gasteiger partial charge in [0, 0.05) is 6.54 Å². The molecule has 0 spiro atoms. The summed E-state index contributed by atoms with van der Waals surface area (Å²) in [6.07, 6.45) is 6.02. The number of rotatable bonds is 6. The van der Waals surface area contributed by atoms with Crippen LogP contribution >= 0.6 is 0 Å². The summed E-state index contributed by atoms with van der Waals surface area (Å²) in [7, 11) is 0. The van der Waals surface area contributed by atoms with E-state index in [9.17, 15) is 14.7 Å². The van der Waals surface area contributed by atoms with E-state index in [1.807, 2.05) is 6.07 Å². The predicted molar refractivity (Wildman–Crippen MR) is 79.9 cm³/mol. The zero-order chi connectivity index (χ0) is 15.1. The lowest BCUT2D eigenvalue weighted by Gasteiger charge is -2.16. The number of hydrogen-bond acceptors (Lipinski definition) is 2. The normalized spacial score (nSPS) is 16.4. The number of nitrogens with one attached hydrogen (secondary N) is 2. The van der Waals surface area contributed by atoms with Crippen LogP contribution in [0, 0.1) is 5.92 Å². The van der Waals surface area contributed by atoms with Gasteiger partial charge >= 0.3 is 12.0 Å². The summed E-state index contributed by atoms with van der Waals surface area (Å²) < 4.78 is 0. The van der Waals surface area contributed by atoms with Crippen LogP contribution in [0.4, 0.5) is 4.79 Å². The van der Waals surface area contributed by atoms with Gasteiger partial charge in [0.25, 0.3) is 0 Å². The van der Waals surface area contributed by atoms with Gasteiger partial charge in [-0.2, -0.15) is 0 Å². The molecule has 5 heteroatoms. The minimum atomic E-state index is -1.06. The Balaban J connectivity index is 1.80. The standard InChI is InChI=1S/C16H22N2O3/c19-15(20)14(13-8-2-1-3-9-13)18-16(21)17-11-10-12-6-4-5-7-12/h1-3,8-9,12,14H,4-7,10-11H2,(H,19,20)(H2,17,18,21)/t14-/m1/s1. The Morgan fingerprint density at radius 1 is 1.19 bits per heavy atom. The van der Waals surface area contributed by atoms with Crippen LogP contribution < -0.4 is 10.6 Å². The lowest BCUT2D eigenvalue weighted by atomic mass is 10.0. The fourth-order valence-electron chi connectivity index (χ4n) is 2.80. The van der Waals surface area contributed by atoms with Gasteiger partial charge in [-0.1, -0.05) is 56.0 Å². The number of carboxylic acid groups (broad SMARTS) is 1. The molecule has 1 fully saturated rings. The molecule has 5 nitrogen and oxygen atoms in total. The molecular formula is C16H22N2O3. The van der Waals surface area contributed by atoms with Crippen molar-refractivity contribution in [3.63, 3.8) is 0 Å². The predicted octanol–water partition coefficient (Wildman–Crippen LogP) is 2.69. The molecule has 0 heterocycles. The monoisotopic (exact) mass is 290 g/mol. The highest BCUT2D eigenvalue weighted by Crippen LogP contribution is 2.26. The number of hydrogen-bond donors (Lipinski definition) is 3. The average Bonchev–Trinajstić information content (AvgIpc) is 2.98. The Morgan fingerprint density at radius 3 is 2.48 bits per heavy atom. The van der Waals surface area contributed by atoms with Gasteiger partial charge in [-0.15, -0.1) is 0 Å². The lowest BCUT2D eigenvalue weighted by molar-refractivity contribution is -0.139. The second-order valence-corrected chi connectivity index (χ2v) is 5.52. The van der Waals surface area contributed by atoms with E-state index < -0.39 is 18.0 Å². The van der Waals surface area contributed by atoms with Crippen LogP contribution in [0.3, 0.4) is 0 Å². The molecule has 21 heavy (non-hydrogen) atoms. The van der Waals surface area contributed by atoms with Crippen LogP contribution in [-0.2, 0) is 4.79 Å². The lowest BCUT2D eigenvalue weighted by Crippen LogP contribution is -2.41. The van der Waals surface area contributed by atoms with Crippen LogP contribution in [0.1, 0.15) is 43.7 Å². The molecule has 114 valence electrons. The van der Waals surface area contributed by atoms with Gasteiger partial charge in [0.15, 0.2) is 6.04 Å². The summed E-state index contributed by atoms with van der Waals surface area (Å²) in [6.45, 7) is 0.595. The molecular weight excluding hydrogens is 268 g/mol. The third-order valence-corrected chi connectivity index (χ3v) is 3.97. The van der Waals surface area contributed by atoms with E-state index >= 15 is 0 Å². The molecule has 1 aromatic rings. The molecule has 0 bridgehead atoms. The quantitative estimate of drug-likeness (QED) is 0.753. The maximum Gasteiger partial charge on any atom is 0.330 e. The highest BCUT2D eigenvalue weighted by Gasteiger charge is 2.22. The smallest absolute Gasteiger partial charge is 0.330 e. The van der Waals surface area contributed by atoms with Crippen molar-refractivity contribution < 1.29 is 14.7 Å². The van der Waals surface area contributed by atoms with Gasteiger partial charge in [0.1, 0.15) is 0 Å². The number of aliphatic carboxylic acids is 1. The number of carbonyl (C=O) groups excluding carboxylic acids is 1. The summed E-state index contributed by atoms with van der Waals surface area (Å²) in [6, 6.07) is 7.26. The summed E-state index contributed by atoms with van der Waals surface area (Å²) in [5.41, 5.74) is 0.566. The van der Waals surface area contributed by atoms with Crippen molar-refractivity contribution >= 4 is 12.0 Å². The number of carbonyl (C=O) groups is 2. The zero-order valence-corrected chi connectivity index (χ0v) is 12.0. The molecule has 2 amide bonds. The van der Waals surface area contributed by atoms with E-state index in [1.54, 1.807) is 24.3 Å². The van der Waals surface area contributed by atoms with Gasteiger partial charge < -0.3 is 15.7 Å². The second kappa shape index (κ2) is 7.67. The summed E-state index contributed by atoms with van der Waals surface area (Å²) in [5, 5.41) is 14.5. The van der Waals surface area contributed by atoms with Gasteiger partial charge in [-0.25, -0.2) is 9.59 Å². The second-order valence-electron chi connectivity index (χ2n) is 5.52. The third kappa shape index (κ3) is 4.77. The third-order valence-electron chi connectivity index (χ3n) is 3.97.